The first kappa shape index (κ1) is 13.8. The van der Waals surface area contributed by atoms with E-state index in [1.165, 1.54) is 0 Å². The molecule has 0 aliphatic heterocycles. The summed E-state index contributed by atoms with van der Waals surface area (Å²) < 4.78 is 7.55. The Kier molecular flexibility index (Phi) is 4.76. The van der Waals surface area contributed by atoms with Crippen molar-refractivity contribution in [1.29, 1.82) is 0 Å². The van der Waals surface area contributed by atoms with Gasteiger partial charge in [0.05, 0.1) is 5.02 Å². The monoisotopic (exact) mass is 280 g/mol. The van der Waals surface area contributed by atoms with Gasteiger partial charge >= 0.3 is 0 Å². The fourth-order valence-electron chi connectivity index (χ4n) is 1.78. The van der Waals surface area contributed by atoms with Gasteiger partial charge in [-0.1, -0.05) is 35.9 Å². The highest BCUT2D eigenvalue weighted by Gasteiger charge is 2.12. The average Bonchev–Trinajstić information content (AvgIpc) is 2.80. The second kappa shape index (κ2) is 6.54. The van der Waals surface area contributed by atoms with E-state index in [-0.39, 0.29) is 0 Å². The van der Waals surface area contributed by atoms with Gasteiger partial charge in [-0.25, -0.2) is 4.68 Å². The molecule has 0 aliphatic carbocycles. The van der Waals surface area contributed by atoms with E-state index >= 15 is 0 Å². The zero-order chi connectivity index (χ0) is 13.7. The van der Waals surface area contributed by atoms with E-state index in [9.17, 15) is 0 Å². The fourth-order valence-corrected chi connectivity index (χ4v) is 1.97. The van der Waals surface area contributed by atoms with E-state index in [1.807, 2.05) is 22.9 Å². The van der Waals surface area contributed by atoms with Crippen molar-refractivity contribution in [3.63, 3.8) is 0 Å². The molecule has 0 saturated carbocycles. The molecule has 0 amide bonds. The lowest BCUT2D eigenvalue weighted by Gasteiger charge is -2.10. The molecule has 0 bridgehead atoms. The molecule has 5 nitrogen and oxygen atoms in total. The van der Waals surface area contributed by atoms with Crippen molar-refractivity contribution in [3.05, 3.63) is 40.7 Å². The zero-order valence-electron chi connectivity index (χ0n) is 10.8. The van der Waals surface area contributed by atoms with Crippen LogP contribution in [0.25, 0.3) is 0 Å². The molecule has 1 heterocycles. The van der Waals surface area contributed by atoms with Gasteiger partial charge in [0, 0.05) is 13.1 Å². The molecule has 102 valence electrons. The summed E-state index contributed by atoms with van der Waals surface area (Å²) in [5.74, 6) is 0.649. The van der Waals surface area contributed by atoms with Crippen LogP contribution in [0.3, 0.4) is 0 Å². The maximum Gasteiger partial charge on any atom is 0.138 e. The van der Waals surface area contributed by atoms with Crippen LogP contribution < -0.4 is 10.5 Å². The molecule has 2 rings (SSSR count). The molecule has 0 atom stereocenters. The molecule has 2 aromatic rings. The van der Waals surface area contributed by atoms with Crippen LogP contribution in [0, 0.1) is 0 Å². The molecule has 0 saturated heterocycles. The van der Waals surface area contributed by atoms with Crippen molar-refractivity contribution < 1.29 is 4.74 Å². The number of halogens is 1. The Hall–Kier alpha value is -1.59. The van der Waals surface area contributed by atoms with Gasteiger partial charge in [0.15, 0.2) is 0 Å². The van der Waals surface area contributed by atoms with Crippen molar-refractivity contribution in [3.8, 4) is 5.75 Å². The van der Waals surface area contributed by atoms with Gasteiger partial charge in [-0.15, -0.1) is 5.10 Å². The van der Waals surface area contributed by atoms with Crippen LogP contribution in [-0.2, 0) is 19.7 Å². The third-order valence-corrected chi connectivity index (χ3v) is 3.06. The lowest BCUT2D eigenvalue weighted by atomic mass is 10.3. The zero-order valence-corrected chi connectivity index (χ0v) is 11.6. The van der Waals surface area contributed by atoms with Gasteiger partial charge in [-0.2, -0.15) is 0 Å². The molecule has 1 aromatic carbocycles. The summed E-state index contributed by atoms with van der Waals surface area (Å²) in [5, 5.41) is 8.74. The summed E-state index contributed by atoms with van der Waals surface area (Å²) in [4.78, 5) is 0. The van der Waals surface area contributed by atoms with Gasteiger partial charge in [-0.3, -0.25) is 0 Å². The van der Waals surface area contributed by atoms with Gasteiger partial charge < -0.3 is 10.5 Å². The molecule has 0 spiro atoms. The smallest absolute Gasteiger partial charge is 0.138 e. The topological polar surface area (TPSA) is 66.0 Å². The number of nitrogens with two attached hydrogens (primary N) is 1. The number of para-hydroxylation sites is 1. The van der Waals surface area contributed by atoms with Crippen molar-refractivity contribution in [2.24, 2.45) is 5.73 Å². The van der Waals surface area contributed by atoms with Crippen LogP contribution in [0.4, 0.5) is 0 Å². The Labute approximate surface area is 117 Å². The highest BCUT2D eigenvalue weighted by molar-refractivity contribution is 6.32. The molecule has 0 unspecified atom stereocenters. The van der Waals surface area contributed by atoms with Crippen molar-refractivity contribution >= 4 is 11.6 Å². The first-order valence-electron chi connectivity index (χ1n) is 6.25. The average molecular weight is 281 g/mol. The van der Waals surface area contributed by atoms with Crippen LogP contribution in [-0.4, -0.2) is 15.0 Å². The van der Waals surface area contributed by atoms with Crippen LogP contribution in [0.1, 0.15) is 24.7 Å². The molecule has 2 N–H and O–H groups in total. The van der Waals surface area contributed by atoms with Crippen LogP contribution >= 0.6 is 11.6 Å². The Morgan fingerprint density at radius 3 is 2.84 bits per heavy atom. The molecular weight excluding hydrogens is 264 g/mol. The Bertz CT molecular complexity index is 541. The summed E-state index contributed by atoms with van der Waals surface area (Å²) in [6.45, 7) is 3.60. The first-order valence-corrected chi connectivity index (χ1v) is 6.62. The quantitative estimate of drug-likeness (QED) is 0.882. The molecule has 19 heavy (non-hydrogen) atoms. The van der Waals surface area contributed by atoms with Gasteiger partial charge in [0.2, 0.25) is 0 Å². The predicted molar refractivity (Wildman–Crippen MR) is 74.0 cm³/mol. The van der Waals surface area contributed by atoms with Crippen LogP contribution in [0.15, 0.2) is 24.3 Å². The second-order valence-corrected chi connectivity index (χ2v) is 4.54. The lowest BCUT2D eigenvalue weighted by molar-refractivity contribution is 0.290. The number of aromatic nitrogens is 3. The minimum Gasteiger partial charge on any atom is -0.486 e. The van der Waals surface area contributed by atoms with Crippen molar-refractivity contribution in [2.75, 3.05) is 0 Å². The summed E-state index contributed by atoms with van der Waals surface area (Å²) in [6.07, 6.45) is 0.979. The SMILES string of the molecule is CCCn1nnc(CN)c1COc1ccccc1Cl. The van der Waals surface area contributed by atoms with E-state index in [0.717, 1.165) is 24.4 Å². The number of benzene rings is 1. The van der Waals surface area contributed by atoms with Crippen molar-refractivity contribution in [1.82, 2.24) is 15.0 Å². The third-order valence-electron chi connectivity index (χ3n) is 2.75. The van der Waals surface area contributed by atoms with E-state index in [0.29, 0.717) is 23.9 Å². The van der Waals surface area contributed by atoms with E-state index in [4.69, 9.17) is 22.1 Å². The third kappa shape index (κ3) is 3.24. The Morgan fingerprint density at radius 1 is 1.37 bits per heavy atom. The molecule has 0 radical (unpaired) electrons. The number of ether oxygens (including phenoxy) is 1. The second-order valence-electron chi connectivity index (χ2n) is 4.13. The summed E-state index contributed by atoms with van der Waals surface area (Å²) >= 11 is 6.05. The van der Waals surface area contributed by atoms with E-state index < -0.39 is 0 Å². The van der Waals surface area contributed by atoms with Crippen LogP contribution in [0.2, 0.25) is 5.02 Å². The maximum atomic E-state index is 6.05. The molecule has 0 fully saturated rings. The number of rotatable bonds is 6. The van der Waals surface area contributed by atoms with Gasteiger partial charge in [0.1, 0.15) is 23.7 Å². The maximum absolute atomic E-state index is 6.05. The highest BCUT2D eigenvalue weighted by atomic mass is 35.5. The standard InChI is InChI=1S/C13H17ClN4O/c1-2-7-18-12(11(8-15)16-17-18)9-19-13-6-4-3-5-10(13)14/h3-6H,2,7-9,15H2,1H3. The van der Waals surface area contributed by atoms with E-state index in [1.54, 1.807) is 6.07 Å². The summed E-state index contributed by atoms with van der Waals surface area (Å²) in [7, 11) is 0. The number of hydrogen-bond donors (Lipinski definition) is 1. The first-order chi connectivity index (χ1) is 9.26. The largest absolute Gasteiger partial charge is 0.486 e. The summed E-state index contributed by atoms with van der Waals surface area (Å²) in [5.41, 5.74) is 7.33. The fraction of sp³-hybridized carbons (Fsp3) is 0.385. The van der Waals surface area contributed by atoms with Gasteiger partial charge in [-0.05, 0) is 18.6 Å². The predicted octanol–water partition coefficient (Wildman–Crippen LogP) is 2.38. The minimum absolute atomic E-state index is 0.352. The normalized spacial score (nSPS) is 10.7. The highest BCUT2D eigenvalue weighted by Crippen LogP contribution is 2.24. The lowest BCUT2D eigenvalue weighted by Crippen LogP contribution is -2.10. The van der Waals surface area contributed by atoms with Crippen LogP contribution in [0.5, 0.6) is 5.75 Å². The Balaban J connectivity index is 2.14. The molecule has 0 aliphatic rings. The molecule has 6 heteroatoms. The summed E-state index contributed by atoms with van der Waals surface area (Å²) in [6, 6.07) is 7.37. The number of nitrogens with zero attached hydrogens (tertiary/aromatic N) is 3. The number of aryl methyl sites for hydroxylation is 1. The van der Waals surface area contributed by atoms with Gasteiger partial charge in [0.25, 0.3) is 0 Å². The van der Waals surface area contributed by atoms with E-state index in [2.05, 4.69) is 17.2 Å². The van der Waals surface area contributed by atoms with Crippen molar-refractivity contribution in [2.45, 2.75) is 33.0 Å². The molecule has 1 aromatic heterocycles. The molecular formula is C13H17ClN4O. The number of hydrogen-bond acceptors (Lipinski definition) is 4. The minimum atomic E-state index is 0.352. The Morgan fingerprint density at radius 2 is 2.16 bits per heavy atom.